The lowest BCUT2D eigenvalue weighted by Gasteiger charge is -2.32. The first kappa shape index (κ1) is 16.0. The number of piperidine rings is 1. The molecule has 3 aromatic heterocycles. The number of aromatic nitrogens is 4. The summed E-state index contributed by atoms with van der Waals surface area (Å²) in [4.78, 5) is 17.4. The molecule has 128 valence electrons. The molecule has 0 aromatic carbocycles. The van der Waals surface area contributed by atoms with Crippen molar-refractivity contribution in [3.63, 3.8) is 0 Å². The smallest absolute Gasteiger partial charge is 0.186 e. The summed E-state index contributed by atoms with van der Waals surface area (Å²) in [5, 5.41) is 18.0. The lowest BCUT2D eigenvalue weighted by Crippen LogP contribution is -2.41. The Labute approximate surface area is 148 Å². The van der Waals surface area contributed by atoms with Crippen LogP contribution in [-0.2, 0) is 5.67 Å². The number of likely N-dealkylation sites (tertiary alicyclic amines) is 1. The molecule has 0 amide bonds. The molecule has 0 saturated carbocycles. The van der Waals surface area contributed by atoms with E-state index >= 15 is 4.39 Å². The maximum atomic E-state index is 15.3. The number of alkyl halides is 1. The molecular weight excluding hydrogens is 333 g/mol. The van der Waals surface area contributed by atoms with Crippen molar-refractivity contribution in [1.82, 2.24) is 24.8 Å². The number of imidazole rings is 1. The van der Waals surface area contributed by atoms with Gasteiger partial charge in [-0.1, -0.05) is 6.07 Å². The Hall–Kier alpha value is -3.52. The van der Waals surface area contributed by atoms with Gasteiger partial charge in [0.1, 0.15) is 17.6 Å². The first-order valence-corrected chi connectivity index (χ1v) is 8.20. The minimum atomic E-state index is -1.70. The van der Waals surface area contributed by atoms with Crippen LogP contribution >= 0.6 is 0 Å². The summed E-state index contributed by atoms with van der Waals surface area (Å²) in [6.07, 6.45) is 2.90. The predicted molar refractivity (Wildman–Crippen MR) is 91.0 cm³/mol. The van der Waals surface area contributed by atoms with E-state index in [1.807, 2.05) is 12.3 Å². The number of hydrogen-bond acceptors (Lipinski definition) is 6. The number of nitriles is 2. The summed E-state index contributed by atoms with van der Waals surface area (Å²) in [6.45, 7) is 0.549. The first-order valence-electron chi connectivity index (χ1n) is 8.20. The van der Waals surface area contributed by atoms with Crippen LogP contribution in [-0.4, -0.2) is 37.9 Å². The summed E-state index contributed by atoms with van der Waals surface area (Å²) in [5.74, 6) is 0.191. The molecule has 3 aromatic rings. The van der Waals surface area contributed by atoms with Crippen molar-refractivity contribution in [3.8, 4) is 23.7 Å². The highest BCUT2D eigenvalue weighted by atomic mass is 19.1. The fourth-order valence-corrected chi connectivity index (χ4v) is 3.18. The van der Waals surface area contributed by atoms with Gasteiger partial charge in [0, 0.05) is 6.54 Å². The number of aromatic amines is 1. The fraction of sp³-hybridized carbons (Fsp3) is 0.278. The number of pyridine rings is 2. The van der Waals surface area contributed by atoms with E-state index in [9.17, 15) is 0 Å². The van der Waals surface area contributed by atoms with Gasteiger partial charge in [-0.05, 0) is 37.1 Å². The minimum absolute atomic E-state index is 0.0120. The van der Waals surface area contributed by atoms with Crippen molar-refractivity contribution in [2.24, 2.45) is 0 Å². The first-order chi connectivity index (χ1) is 12.6. The Morgan fingerprint density at radius 2 is 1.96 bits per heavy atom. The van der Waals surface area contributed by atoms with Crippen molar-refractivity contribution in [1.29, 1.82) is 10.5 Å². The van der Waals surface area contributed by atoms with Crippen LogP contribution in [0.15, 0.2) is 30.3 Å². The lowest BCUT2D eigenvalue weighted by molar-refractivity contribution is 0.0627. The predicted octanol–water partition coefficient (Wildman–Crippen LogP) is 2.63. The second kappa shape index (κ2) is 6.08. The van der Waals surface area contributed by atoms with Crippen LogP contribution in [0.5, 0.6) is 0 Å². The van der Waals surface area contributed by atoms with Crippen LogP contribution in [0.4, 0.5) is 4.39 Å². The zero-order chi connectivity index (χ0) is 18.1. The van der Waals surface area contributed by atoms with E-state index in [2.05, 4.69) is 19.9 Å². The van der Waals surface area contributed by atoms with Gasteiger partial charge in [-0.3, -0.25) is 0 Å². The van der Waals surface area contributed by atoms with Crippen LogP contribution in [0.1, 0.15) is 24.4 Å². The summed E-state index contributed by atoms with van der Waals surface area (Å²) in [6, 6.07) is 10.6. The molecule has 1 aliphatic heterocycles. The number of H-pyrrole nitrogens is 1. The Morgan fingerprint density at radius 3 is 2.77 bits per heavy atom. The zero-order valence-electron chi connectivity index (χ0n) is 13.8. The molecule has 1 fully saturated rings. The molecule has 1 aliphatic rings. The molecule has 1 N–H and O–H groups in total. The molecule has 4 heterocycles. The molecule has 1 saturated heterocycles. The number of hydrogen-bond donors (Lipinski definition) is 1. The van der Waals surface area contributed by atoms with Gasteiger partial charge in [0.2, 0.25) is 0 Å². The number of rotatable bonds is 2. The summed E-state index contributed by atoms with van der Waals surface area (Å²) in [7, 11) is 0. The van der Waals surface area contributed by atoms with Crippen molar-refractivity contribution < 1.29 is 4.39 Å². The molecule has 0 aliphatic carbocycles. The zero-order valence-corrected chi connectivity index (χ0v) is 13.8. The molecule has 7 nitrogen and oxygen atoms in total. The van der Waals surface area contributed by atoms with Crippen molar-refractivity contribution in [3.05, 3.63) is 41.9 Å². The van der Waals surface area contributed by atoms with E-state index < -0.39 is 5.67 Å². The molecule has 26 heavy (non-hydrogen) atoms. The average Bonchev–Trinajstić information content (AvgIpc) is 3.12. The van der Waals surface area contributed by atoms with Crippen LogP contribution < -0.4 is 0 Å². The Balaban J connectivity index is 1.72. The van der Waals surface area contributed by atoms with Crippen LogP contribution in [0.3, 0.4) is 0 Å². The summed E-state index contributed by atoms with van der Waals surface area (Å²) >= 11 is 0. The van der Waals surface area contributed by atoms with E-state index in [0.717, 1.165) is 0 Å². The molecular formula is C18H14FN7. The number of nitrogens with one attached hydrogen (secondary N) is 1. The Bertz CT molecular complexity index is 1060. The van der Waals surface area contributed by atoms with Crippen molar-refractivity contribution in [2.75, 3.05) is 13.1 Å². The minimum Gasteiger partial charge on any atom is -0.338 e. The highest BCUT2D eigenvalue weighted by Gasteiger charge is 2.40. The van der Waals surface area contributed by atoms with E-state index in [0.29, 0.717) is 47.6 Å². The van der Waals surface area contributed by atoms with Crippen LogP contribution in [0.2, 0.25) is 0 Å². The van der Waals surface area contributed by atoms with Gasteiger partial charge in [-0.2, -0.15) is 10.5 Å². The summed E-state index contributed by atoms with van der Waals surface area (Å²) < 4.78 is 15.3. The normalized spacial score (nSPS) is 19.9. The monoisotopic (exact) mass is 347 g/mol. The topological polar surface area (TPSA) is 105 Å². The third-order valence-electron chi connectivity index (χ3n) is 4.48. The largest absolute Gasteiger partial charge is 0.338 e. The molecule has 8 heteroatoms. The summed E-state index contributed by atoms with van der Waals surface area (Å²) in [5.41, 5.74) is 0.711. The molecule has 1 unspecified atom stereocenters. The third-order valence-corrected chi connectivity index (χ3v) is 4.48. The second-order valence-electron chi connectivity index (χ2n) is 6.26. The van der Waals surface area contributed by atoms with Gasteiger partial charge in [-0.25, -0.2) is 19.3 Å². The maximum absolute atomic E-state index is 15.3. The number of halogens is 1. The standard InChI is InChI=1S/C18H14FN7/c19-18(7-2-8-26(10-18)11-21)17-24-15-6-5-14(23-16(15)25-17)13-4-1-3-12(9-20)22-13/h1,3-6H,2,7-8,10H2,(H,23,24,25). The Kier molecular flexibility index (Phi) is 3.74. The van der Waals surface area contributed by atoms with Gasteiger partial charge < -0.3 is 9.88 Å². The van der Waals surface area contributed by atoms with Gasteiger partial charge in [0.15, 0.2) is 17.5 Å². The number of nitrogens with zero attached hydrogens (tertiary/aromatic N) is 6. The maximum Gasteiger partial charge on any atom is 0.186 e. The highest BCUT2D eigenvalue weighted by Crippen LogP contribution is 2.34. The van der Waals surface area contributed by atoms with E-state index in [4.69, 9.17) is 10.5 Å². The third kappa shape index (κ3) is 2.72. The molecule has 4 rings (SSSR count). The molecule has 1 atom stereocenters. The van der Waals surface area contributed by atoms with E-state index in [-0.39, 0.29) is 12.4 Å². The van der Waals surface area contributed by atoms with Gasteiger partial charge >= 0.3 is 0 Å². The SMILES string of the molecule is N#Cc1cccc(-c2ccc3[nH]c(C4(F)CCCN(C#N)C4)nc3n2)n1. The van der Waals surface area contributed by atoms with Crippen molar-refractivity contribution >= 4 is 11.2 Å². The second-order valence-corrected chi connectivity index (χ2v) is 6.26. The average molecular weight is 347 g/mol. The molecule has 0 radical (unpaired) electrons. The van der Waals surface area contributed by atoms with Gasteiger partial charge in [0.05, 0.1) is 23.4 Å². The van der Waals surface area contributed by atoms with Crippen molar-refractivity contribution in [2.45, 2.75) is 18.5 Å². The quantitative estimate of drug-likeness (QED) is 0.714. The van der Waals surface area contributed by atoms with Gasteiger partial charge in [0.25, 0.3) is 0 Å². The Morgan fingerprint density at radius 1 is 1.12 bits per heavy atom. The van der Waals surface area contributed by atoms with E-state index in [1.165, 1.54) is 4.90 Å². The fourth-order valence-electron chi connectivity index (χ4n) is 3.18. The highest BCUT2D eigenvalue weighted by molar-refractivity contribution is 5.74. The molecule has 0 spiro atoms. The molecule has 0 bridgehead atoms. The van der Waals surface area contributed by atoms with Crippen LogP contribution in [0.25, 0.3) is 22.6 Å². The van der Waals surface area contributed by atoms with Crippen LogP contribution in [0, 0.1) is 22.8 Å². The lowest BCUT2D eigenvalue weighted by atomic mass is 9.94. The van der Waals surface area contributed by atoms with Gasteiger partial charge in [-0.15, -0.1) is 0 Å². The number of fused-ring (bicyclic) bond motifs is 1. The van der Waals surface area contributed by atoms with E-state index in [1.54, 1.807) is 30.3 Å².